The van der Waals surface area contributed by atoms with Crippen molar-refractivity contribution in [2.75, 3.05) is 0 Å². The molecule has 252 valence electrons. The van der Waals surface area contributed by atoms with Crippen LogP contribution in [0.25, 0.3) is 111 Å². The second-order valence-corrected chi connectivity index (χ2v) is 13.6. The van der Waals surface area contributed by atoms with Crippen LogP contribution in [-0.2, 0) is 0 Å². The fourth-order valence-corrected chi connectivity index (χ4v) is 7.80. The number of rotatable bonds is 5. The van der Waals surface area contributed by atoms with Gasteiger partial charge in [0.05, 0.1) is 0 Å². The second kappa shape index (κ2) is 12.1. The van der Waals surface area contributed by atoms with Crippen LogP contribution in [0.15, 0.2) is 185 Å². The van der Waals surface area contributed by atoms with Gasteiger partial charge in [0.2, 0.25) is 0 Å². The summed E-state index contributed by atoms with van der Waals surface area (Å²) in [7, 11) is 0. The first-order valence-corrected chi connectivity index (χ1v) is 18.0. The van der Waals surface area contributed by atoms with Gasteiger partial charge in [-0.2, -0.15) is 0 Å². The summed E-state index contributed by atoms with van der Waals surface area (Å²) in [5.74, 6) is 1.81. The number of furan rings is 2. The largest absolute Gasteiger partial charge is 0.456 e. The minimum absolute atomic E-state index is 0.587. The molecule has 11 rings (SSSR count). The number of hydrogen-bond acceptors (Lipinski definition) is 5. The summed E-state index contributed by atoms with van der Waals surface area (Å²) in [6.45, 7) is 0. The molecule has 0 amide bonds. The fraction of sp³-hybridized carbons (Fsp3) is 0. The lowest BCUT2D eigenvalue weighted by atomic mass is 9.92. The average molecular weight is 692 g/mol. The van der Waals surface area contributed by atoms with Crippen LogP contribution in [0.5, 0.6) is 0 Å². The number of para-hydroxylation sites is 1. The van der Waals surface area contributed by atoms with Gasteiger partial charge in [-0.3, -0.25) is 0 Å². The van der Waals surface area contributed by atoms with Crippen molar-refractivity contribution in [2.24, 2.45) is 0 Å². The van der Waals surface area contributed by atoms with Crippen LogP contribution in [-0.4, -0.2) is 15.0 Å². The van der Waals surface area contributed by atoms with Gasteiger partial charge in [-0.15, -0.1) is 0 Å². The second-order valence-electron chi connectivity index (χ2n) is 13.6. The Bertz CT molecular complexity index is 3200. The molecule has 8 aromatic carbocycles. The summed E-state index contributed by atoms with van der Waals surface area (Å²) < 4.78 is 13.0. The minimum atomic E-state index is 0.587. The van der Waals surface area contributed by atoms with E-state index in [4.69, 9.17) is 23.8 Å². The van der Waals surface area contributed by atoms with Crippen molar-refractivity contribution < 1.29 is 8.83 Å². The maximum atomic E-state index is 6.66. The van der Waals surface area contributed by atoms with E-state index in [1.54, 1.807) is 0 Å². The third-order valence-corrected chi connectivity index (χ3v) is 10.3. The highest BCUT2D eigenvalue weighted by atomic mass is 16.3. The maximum Gasteiger partial charge on any atom is 0.164 e. The van der Waals surface area contributed by atoms with Crippen molar-refractivity contribution in [2.45, 2.75) is 0 Å². The topological polar surface area (TPSA) is 65.0 Å². The van der Waals surface area contributed by atoms with Gasteiger partial charge in [0.15, 0.2) is 17.5 Å². The number of hydrogen-bond donors (Lipinski definition) is 0. The van der Waals surface area contributed by atoms with Crippen molar-refractivity contribution in [1.82, 2.24) is 15.0 Å². The van der Waals surface area contributed by atoms with Gasteiger partial charge in [0.25, 0.3) is 0 Å². The fourth-order valence-electron chi connectivity index (χ4n) is 7.80. The molecule has 0 aliphatic carbocycles. The Morgan fingerprint density at radius 3 is 1.67 bits per heavy atom. The molecule has 5 heteroatoms. The molecule has 0 atom stereocenters. The maximum absolute atomic E-state index is 6.66. The SMILES string of the molecule is c1ccc(-c2ccc(-c3nc(-c4ccccc4)nc(-c4cccc5oc6cc(-c7c8ccccc8cc8oc9ccccc9c78)ccc6c45)n3)cc2)cc1. The molecule has 0 unspecified atom stereocenters. The molecule has 0 saturated carbocycles. The van der Waals surface area contributed by atoms with Gasteiger partial charge in [-0.25, -0.2) is 15.0 Å². The van der Waals surface area contributed by atoms with E-state index in [-0.39, 0.29) is 0 Å². The Labute approximate surface area is 309 Å². The number of benzene rings is 8. The van der Waals surface area contributed by atoms with Crippen LogP contribution in [0.3, 0.4) is 0 Å². The number of nitrogens with zero attached hydrogens (tertiary/aromatic N) is 3. The molecule has 5 nitrogen and oxygen atoms in total. The van der Waals surface area contributed by atoms with E-state index in [0.29, 0.717) is 17.5 Å². The van der Waals surface area contributed by atoms with E-state index >= 15 is 0 Å². The normalized spacial score (nSPS) is 11.7. The van der Waals surface area contributed by atoms with Gasteiger partial charge in [-0.05, 0) is 57.8 Å². The summed E-state index contributed by atoms with van der Waals surface area (Å²) >= 11 is 0. The van der Waals surface area contributed by atoms with Crippen LogP contribution in [0.2, 0.25) is 0 Å². The van der Waals surface area contributed by atoms with E-state index < -0.39 is 0 Å². The van der Waals surface area contributed by atoms with Gasteiger partial charge in [-0.1, -0.05) is 146 Å². The summed E-state index contributed by atoms with van der Waals surface area (Å²) in [6.07, 6.45) is 0. The van der Waals surface area contributed by atoms with Crippen LogP contribution >= 0.6 is 0 Å². The van der Waals surface area contributed by atoms with Gasteiger partial charge in [0.1, 0.15) is 22.3 Å². The Kier molecular flexibility index (Phi) is 6.79. The van der Waals surface area contributed by atoms with E-state index in [2.05, 4.69) is 115 Å². The number of aromatic nitrogens is 3. The third-order valence-electron chi connectivity index (χ3n) is 10.3. The molecule has 3 aromatic heterocycles. The summed E-state index contributed by atoms with van der Waals surface area (Å²) in [6, 6.07) is 60.3. The highest BCUT2D eigenvalue weighted by molar-refractivity contribution is 6.21. The highest BCUT2D eigenvalue weighted by Gasteiger charge is 2.21. The first-order valence-electron chi connectivity index (χ1n) is 18.0. The lowest BCUT2D eigenvalue weighted by Gasteiger charge is -2.10. The van der Waals surface area contributed by atoms with Crippen molar-refractivity contribution in [3.05, 3.63) is 176 Å². The van der Waals surface area contributed by atoms with Gasteiger partial charge in [0, 0.05) is 43.8 Å². The minimum Gasteiger partial charge on any atom is -0.456 e. The van der Waals surface area contributed by atoms with Crippen molar-refractivity contribution in [1.29, 1.82) is 0 Å². The van der Waals surface area contributed by atoms with Crippen LogP contribution in [0.4, 0.5) is 0 Å². The zero-order valence-corrected chi connectivity index (χ0v) is 28.9. The summed E-state index contributed by atoms with van der Waals surface area (Å²) in [4.78, 5) is 15.2. The predicted molar refractivity (Wildman–Crippen MR) is 219 cm³/mol. The predicted octanol–water partition coefficient (Wildman–Crippen LogP) is 13.2. The van der Waals surface area contributed by atoms with Crippen LogP contribution in [0, 0.1) is 0 Å². The average Bonchev–Trinajstić information content (AvgIpc) is 3.81. The zero-order chi connectivity index (χ0) is 35.6. The van der Waals surface area contributed by atoms with E-state index in [0.717, 1.165) is 93.6 Å². The smallest absolute Gasteiger partial charge is 0.164 e. The highest BCUT2D eigenvalue weighted by Crippen LogP contribution is 2.44. The molecule has 0 aliphatic heterocycles. The Hall–Kier alpha value is -7.37. The summed E-state index contributed by atoms with van der Waals surface area (Å²) in [5, 5.41) is 6.44. The summed E-state index contributed by atoms with van der Waals surface area (Å²) in [5.41, 5.74) is 10.5. The van der Waals surface area contributed by atoms with Gasteiger partial charge >= 0.3 is 0 Å². The standard InChI is InChI=1S/C49H29N3O2/c1-3-12-30(13-4-1)31-22-24-33(25-23-31)48-50-47(32-14-5-2-6-15-32)51-49(52-48)39-19-11-21-41-45(39)38-27-26-35(29-42(38)54-41)44-36-17-8-7-16-34(36)28-43-46(44)37-18-9-10-20-40(37)53-43/h1-29H. The third kappa shape index (κ3) is 4.90. The van der Waals surface area contributed by atoms with Crippen LogP contribution < -0.4 is 0 Å². The molecule has 0 bridgehead atoms. The quantitative estimate of drug-likeness (QED) is 0.180. The molecular weight excluding hydrogens is 663 g/mol. The first kappa shape index (κ1) is 30.3. The van der Waals surface area contributed by atoms with Crippen LogP contribution in [0.1, 0.15) is 0 Å². The van der Waals surface area contributed by atoms with Gasteiger partial charge < -0.3 is 8.83 Å². The molecule has 54 heavy (non-hydrogen) atoms. The molecule has 11 aromatic rings. The van der Waals surface area contributed by atoms with Crippen molar-refractivity contribution in [3.8, 4) is 56.4 Å². The zero-order valence-electron chi connectivity index (χ0n) is 28.9. The number of fused-ring (bicyclic) bond motifs is 7. The molecule has 0 fully saturated rings. The van der Waals surface area contributed by atoms with Crippen molar-refractivity contribution >= 4 is 54.6 Å². The lowest BCUT2D eigenvalue weighted by Crippen LogP contribution is -2.00. The molecule has 3 heterocycles. The Morgan fingerprint density at radius 1 is 0.315 bits per heavy atom. The molecule has 0 saturated heterocycles. The lowest BCUT2D eigenvalue weighted by molar-refractivity contribution is 0.668. The first-order chi connectivity index (χ1) is 26.7. The van der Waals surface area contributed by atoms with Crippen molar-refractivity contribution in [3.63, 3.8) is 0 Å². The Morgan fingerprint density at radius 2 is 0.870 bits per heavy atom. The Balaban J connectivity index is 1.10. The molecule has 0 spiro atoms. The van der Waals surface area contributed by atoms with E-state index in [1.165, 1.54) is 0 Å². The molecule has 0 aliphatic rings. The molecule has 0 N–H and O–H groups in total. The van der Waals surface area contributed by atoms with E-state index in [9.17, 15) is 0 Å². The molecule has 0 radical (unpaired) electrons. The monoisotopic (exact) mass is 691 g/mol. The van der Waals surface area contributed by atoms with E-state index in [1.807, 2.05) is 60.7 Å². The molecular formula is C49H29N3O2.